The number of aliphatic hydroxyl groups excluding tert-OH is 3. The first kappa shape index (κ1) is 29.1. The number of hydrogen-bond acceptors (Lipinski definition) is 8. The van der Waals surface area contributed by atoms with Gasteiger partial charge in [-0.25, -0.2) is 4.79 Å². The quantitative estimate of drug-likeness (QED) is 0.189. The van der Waals surface area contributed by atoms with Gasteiger partial charge in [0.25, 0.3) is 0 Å². The number of hydrogen-bond donors (Lipinski definition) is 7. The number of phenols is 3. The lowest BCUT2D eigenvalue weighted by atomic mass is 10.1. The van der Waals surface area contributed by atoms with Crippen molar-refractivity contribution in [1.82, 2.24) is 0 Å². The van der Waals surface area contributed by atoms with Gasteiger partial charge in [0.15, 0.2) is 0 Å². The number of carboxylic acid groups (broad SMARTS) is 1. The summed E-state index contributed by atoms with van der Waals surface area (Å²) in [6.45, 7) is 6.65. The third-order valence-corrected chi connectivity index (χ3v) is 4.77. The summed E-state index contributed by atoms with van der Waals surface area (Å²) in [5.41, 5.74) is 2.57. The molecule has 9 nitrogen and oxygen atoms in total. The molecule has 7 N–H and O–H groups in total. The summed E-state index contributed by atoms with van der Waals surface area (Å²) in [4.78, 5) is 10.6. The SMILES string of the molecule is C=C(O)/C=C(\C=C(CO)CO)C(=O)O.Cc1cccc(C)c1O.Oc1cc(O)c2c(c1)OCCC2. The number of aryl methyl sites for hydroxylation is 2. The van der Waals surface area contributed by atoms with E-state index in [2.05, 4.69) is 6.58 Å². The van der Waals surface area contributed by atoms with Crippen molar-refractivity contribution in [3.63, 3.8) is 0 Å². The van der Waals surface area contributed by atoms with Crippen LogP contribution in [0.15, 0.2) is 66.0 Å². The summed E-state index contributed by atoms with van der Waals surface area (Å²) in [6.07, 6.45) is 3.74. The second-order valence-corrected chi connectivity index (χ2v) is 7.65. The molecule has 9 heteroatoms. The van der Waals surface area contributed by atoms with Gasteiger partial charge in [0.2, 0.25) is 0 Å². The maximum Gasteiger partial charge on any atom is 0.335 e. The molecule has 0 fully saturated rings. The lowest BCUT2D eigenvalue weighted by molar-refractivity contribution is -0.132. The fourth-order valence-corrected chi connectivity index (χ4v) is 2.94. The van der Waals surface area contributed by atoms with Crippen molar-refractivity contribution in [1.29, 1.82) is 0 Å². The van der Waals surface area contributed by atoms with Gasteiger partial charge in [-0.2, -0.15) is 0 Å². The van der Waals surface area contributed by atoms with Crippen LogP contribution in [0.1, 0.15) is 23.1 Å². The molecule has 2 aromatic carbocycles. The van der Waals surface area contributed by atoms with Gasteiger partial charge in [0.05, 0.1) is 25.4 Å². The second-order valence-electron chi connectivity index (χ2n) is 7.65. The summed E-state index contributed by atoms with van der Waals surface area (Å²) < 4.78 is 5.27. The molecule has 0 aliphatic carbocycles. The number of para-hydroxylation sites is 1. The van der Waals surface area contributed by atoms with E-state index in [1.807, 2.05) is 32.0 Å². The highest BCUT2D eigenvalue weighted by molar-refractivity contribution is 5.90. The van der Waals surface area contributed by atoms with Crippen LogP contribution >= 0.6 is 0 Å². The molecule has 1 heterocycles. The Morgan fingerprint density at radius 2 is 1.63 bits per heavy atom. The Morgan fingerprint density at radius 3 is 2.11 bits per heavy atom. The van der Waals surface area contributed by atoms with Crippen LogP contribution in [-0.2, 0) is 11.2 Å². The van der Waals surface area contributed by atoms with Crippen molar-refractivity contribution in [3.8, 4) is 23.0 Å². The Hall–Kier alpha value is -3.95. The number of ether oxygens (including phenoxy) is 1. The standard InChI is InChI=1S/C9H12O5.C9H10O3.C8H10O/c1-6(12)2-8(9(13)14)3-7(4-10)5-11;10-6-4-8(11)7-2-1-3-12-9(7)5-6;1-6-4-3-5-7(2)8(6)9/h2-3,10-12H,1,4-5H2,(H,13,14);4-5,10-11H,1-3H2;3-5,9H,1-2H3/b8-2+;;. The fraction of sp³-hybridized carbons (Fsp3) is 0.269. The third-order valence-electron chi connectivity index (χ3n) is 4.77. The van der Waals surface area contributed by atoms with E-state index >= 15 is 0 Å². The molecule has 1 aliphatic heterocycles. The number of allylic oxidation sites excluding steroid dienone is 1. The fourth-order valence-electron chi connectivity index (χ4n) is 2.94. The molecular formula is C26H32O9. The zero-order valence-electron chi connectivity index (χ0n) is 19.7. The molecule has 0 unspecified atom stereocenters. The summed E-state index contributed by atoms with van der Waals surface area (Å²) in [7, 11) is 0. The normalized spacial score (nSPS) is 11.9. The first-order valence-electron chi connectivity index (χ1n) is 10.7. The first-order chi connectivity index (χ1) is 16.5. The van der Waals surface area contributed by atoms with Gasteiger partial charge in [-0.05, 0) is 55.5 Å². The minimum absolute atomic E-state index is 0.0492. The molecular weight excluding hydrogens is 456 g/mol. The van der Waals surface area contributed by atoms with Gasteiger partial charge in [-0.15, -0.1) is 0 Å². The Balaban J connectivity index is 0.000000268. The highest BCUT2D eigenvalue weighted by atomic mass is 16.5. The largest absolute Gasteiger partial charge is 0.509 e. The van der Waals surface area contributed by atoms with E-state index in [-0.39, 0.29) is 22.6 Å². The lowest BCUT2D eigenvalue weighted by Crippen LogP contribution is -2.07. The second kappa shape index (κ2) is 14.3. The number of aliphatic hydroxyl groups is 3. The average molecular weight is 489 g/mol. The van der Waals surface area contributed by atoms with Gasteiger partial charge in [-0.3, -0.25) is 0 Å². The number of carboxylic acids is 1. The molecule has 3 rings (SSSR count). The molecule has 0 aromatic heterocycles. The molecule has 0 bridgehead atoms. The number of aliphatic carboxylic acids is 1. The van der Waals surface area contributed by atoms with Crippen LogP contribution < -0.4 is 4.74 Å². The molecule has 0 amide bonds. The molecule has 190 valence electrons. The summed E-state index contributed by atoms with van der Waals surface area (Å²) in [5.74, 6) is -0.484. The van der Waals surface area contributed by atoms with Crippen molar-refractivity contribution < 1.29 is 45.3 Å². The number of fused-ring (bicyclic) bond motifs is 1. The summed E-state index contributed by atoms with van der Waals surface area (Å²) in [6, 6.07) is 8.59. The highest BCUT2D eigenvalue weighted by Crippen LogP contribution is 2.35. The van der Waals surface area contributed by atoms with Crippen LogP contribution in [0.25, 0.3) is 0 Å². The van der Waals surface area contributed by atoms with Crippen LogP contribution in [0, 0.1) is 13.8 Å². The van der Waals surface area contributed by atoms with Crippen LogP contribution in [0.2, 0.25) is 0 Å². The van der Waals surface area contributed by atoms with Crippen molar-refractivity contribution >= 4 is 5.97 Å². The molecule has 1 aliphatic rings. The molecule has 2 aromatic rings. The van der Waals surface area contributed by atoms with Crippen molar-refractivity contribution in [2.75, 3.05) is 19.8 Å². The van der Waals surface area contributed by atoms with Crippen molar-refractivity contribution in [2.24, 2.45) is 0 Å². The van der Waals surface area contributed by atoms with E-state index < -0.39 is 24.9 Å². The maximum atomic E-state index is 10.6. The maximum absolute atomic E-state index is 10.6. The van der Waals surface area contributed by atoms with Gasteiger partial charge in [-0.1, -0.05) is 24.8 Å². The van der Waals surface area contributed by atoms with E-state index in [0.717, 1.165) is 41.7 Å². The Bertz CT molecular complexity index is 1060. The van der Waals surface area contributed by atoms with E-state index in [4.69, 9.17) is 30.3 Å². The number of aromatic hydroxyl groups is 3. The van der Waals surface area contributed by atoms with Crippen LogP contribution in [0.3, 0.4) is 0 Å². The van der Waals surface area contributed by atoms with Gasteiger partial charge >= 0.3 is 5.97 Å². The third kappa shape index (κ3) is 9.83. The number of benzene rings is 2. The number of rotatable bonds is 5. The number of phenolic OH excluding ortho intramolecular Hbond substituents is 3. The van der Waals surface area contributed by atoms with E-state index in [1.165, 1.54) is 12.1 Å². The Morgan fingerprint density at radius 1 is 1.03 bits per heavy atom. The molecule has 35 heavy (non-hydrogen) atoms. The summed E-state index contributed by atoms with van der Waals surface area (Å²) >= 11 is 0. The Labute approximate surface area is 203 Å². The molecule has 0 saturated carbocycles. The predicted molar refractivity (Wildman–Crippen MR) is 131 cm³/mol. The lowest BCUT2D eigenvalue weighted by Gasteiger charge is -2.17. The topological polar surface area (TPSA) is 168 Å². The van der Waals surface area contributed by atoms with E-state index in [1.54, 1.807) is 0 Å². The molecule has 0 saturated heterocycles. The summed E-state index contributed by atoms with van der Waals surface area (Å²) in [5, 5.41) is 62.4. The minimum atomic E-state index is -1.28. The smallest absolute Gasteiger partial charge is 0.335 e. The molecule has 0 atom stereocenters. The van der Waals surface area contributed by atoms with Crippen LogP contribution in [0.4, 0.5) is 0 Å². The van der Waals surface area contributed by atoms with Gasteiger partial charge in [0.1, 0.15) is 28.8 Å². The van der Waals surface area contributed by atoms with E-state index in [0.29, 0.717) is 18.1 Å². The van der Waals surface area contributed by atoms with E-state index in [9.17, 15) is 15.0 Å². The number of carbonyl (C=O) groups is 1. The molecule has 0 radical (unpaired) electrons. The van der Waals surface area contributed by atoms with Gasteiger partial charge < -0.3 is 40.5 Å². The monoisotopic (exact) mass is 488 g/mol. The Kier molecular flexibility index (Phi) is 11.9. The van der Waals surface area contributed by atoms with Gasteiger partial charge in [0, 0.05) is 17.7 Å². The van der Waals surface area contributed by atoms with Crippen LogP contribution in [0.5, 0.6) is 23.0 Å². The zero-order chi connectivity index (χ0) is 26.5. The minimum Gasteiger partial charge on any atom is -0.509 e. The van der Waals surface area contributed by atoms with Crippen LogP contribution in [-0.4, -0.2) is 61.5 Å². The van der Waals surface area contributed by atoms with Crippen molar-refractivity contribution in [3.05, 3.63) is 82.7 Å². The zero-order valence-corrected chi connectivity index (χ0v) is 19.7. The average Bonchev–Trinajstić information content (AvgIpc) is 2.80. The van der Waals surface area contributed by atoms with Crippen molar-refractivity contribution in [2.45, 2.75) is 26.7 Å². The predicted octanol–water partition coefficient (Wildman–Crippen LogP) is 3.41. The molecule has 0 spiro atoms. The highest BCUT2D eigenvalue weighted by Gasteiger charge is 2.15. The first-order valence-corrected chi connectivity index (χ1v) is 10.7.